The fourth-order valence-corrected chi connectivity index (χ4v) is 2.81. The summed E-state index contributed by atoms with van der Waals surface area (Å²) in [5.74, 6) is -0.570. The van der Waals surface area contributed by atoms with E-state index in [4.69, 9.17) is 9.52 Å². The van der Waals surface area contributed by atoms with Gasteiger partial charge in [-0.3, -0.25) is 14.9 Å². The lowest BCUT2D eigenvalue weighted by Crippen LogP contribution is -2.17. The van der Waals surface area contributed by atoms with E-state index < -0.39 is 17.1 Å². The highest BCUT2D eigenvalue weighted by atomic mass is 32.2. The van der Waals surface area contributed by atoms with Gasteiger partial charge < -0.3 is 9.52 Å². The monoisotopic (exact) mass is 329 g/mol. The van der Waals surface area contributed by atoms with Gasteiger partial charge in [-0.2, -0.15) is 0 Å². The number of furan rings is 1. The van der Waals surface area contributed by atoms with Crippen molar-refractivity contribution in [3.63, 3.8) is 0 Å². The molecule has 0 saturated carbocycles. The molecule has 23 heavy (non-hydrogen) atoms. The molecule has 2 amide bonds. The zero-order valence-corrected chi connectivity index (χ0v) is 12.8. The summed E-state index contributed by atoms with van der Waals surface area (Å²) in [5.41, 5.74) is 1.69. The number of hydrogen-bond acceptors (Lipinski definition) is 5. The second-order valence-electron chi connectivity index (χ2n) is 4.89. The number of carbonyl (C=O) groups excluding carboxylic acids is 2. The van der Waals surface area contributed by atoms with Gasteiger partial charge in [0, 0.05) is 11.6 Å². The molecular formula is C16H11NO5S. The zero-order valence-electron chi connectivity index (χ0n) is 12.0. The molecule has 1 fully saturated rings. The average Bonchev–Trinajstić information content (AvgIpc) is 3.06. The molecule has 1 saturated heterocycles. The average molecular weight is 329 g/mol. The molecule has 2 aromatic rings. The molecule has 1 aromatic heterocycles. The van der Waals surface area contributed by atoms with Gasteiger partial charge >= 0.3 is 5.97 Å². The maximum absolute atomic E-state index is 11.5. The first-order valence-electron chi connectivity index (χ1n) is 6.63. The first-order chi connectivity index (χ1) is 10.9. The first kappa shape index (κ1) is 15.1. The summed E-state index contributed by atoms with van der Waals surface area (Å²) >= 11 is 0.807. The fourth-order valence-electron chi connectivity index (χ4n) is 2.15. The van der Waals surface area contributed by atoms with Gasteiger partial charge in [0.15, 0.2) is 0 Å². The van der Waals surface area contributed by atoms with Crippen LogP contribution in [0.5, 0.6) is 0 Å². The van der Waals surface area contributed by atoms with Crippen molar-refractivity contribution in [3.8, 4) is 11.3 Å². The molecule has 7 heteroatoms. The summed E-state index contributed by atoms with van der Waals surface area (Å²) in [6.45, 7) is 1.85. The fraction of sp³-hybridized carbons (Fsp3) is 0.0625. The Bertz CT molecular complexity index is 865. The Labute approximate surface area is 135 Å². The molecular weight excluding hydrogens is 318 g/mol. The van der Waals surface area contributed by atoms with E-state index in [1.54, 1.807) is 18.2 Å². The van der Waals surface area contributed by atoms with Gasteiger partial charge in [0.1, 0.15) is 11.5 Å². The minimum absolute atomic E-state index is 0.165. The number of thioether (sulfide) groups is 1. The third-order valence-electron chi connectivity index (χ3n) is 3.29. The molecule has 2 N–H and O–H groups in total. The van der Waals surface area contributed by atoms with Crippen LogP contribution in [0.4, 0.5) is 4.79 Å². The molecule has 116 valence electrons. The Kier molecular flexibility index (Phi) is 3.79. The number of hydrogen-bond donors (Lipinski definition) is 2. The van der Waals surface area contributed by atoms with E-state index in [0.29, 0.717) is 17.1 Å². The summed E-state index contributed by atoms with van der Waals surface area (Å²) in [6.07, 6.45) is 1.48. The van der Waals surface area contributed by atoms with E-state index in [2.05, 4.69) is 5.32 Å². The van der Waals surface area contributed by atoms with Crippen molar-refractivity contribution in [2.24, 2.45) is 0 Å². The summed E-state index contributed by atoms with van der Waals surface area (Å²) in [4.78, 5) is 34.0. The molecule has 0 spiro atoms. The van der Waals surface area contributed by atoms with Crippen LogP contribution in [0.2, 0.25) is 0 Å². The van der Waals surface area contributed by atoms with E-state index in [1.807, 2.05) is 6.92 Å². The number of carbonyl (C=O) groups is 3. The Morgan fingerprint density at radius 3 is 2.70 bits per heavy atom. The third-order valence-corrected chi connectivity index (χ3v) is 4.10. The Morgan fingerprint density at radius 2 is 2.04 bits per heavy atom. The van der Waals surface area contributed by atoms with Gasteiger partial charge in [0.25, 0.3) is 11.1 Å². The summed E-state index contributed by atoms with van der Waals surface area (Å²) in [5, 5.41) is 10.8. The van der Waals surface area contributed by atoms with Crippen LogP contribution in [0.3, 0.4) is 0 Å². The van der Waals surface area contributed by atoms with Gasteiger partial charge in [0.2, 0.25) is 0 Å². The lowest BCUT2D eigenvalue weighted by molar-refractivity contribution is -0.115. The highest BCUT2D eigenvalue weighted by molar-refractivity contribution is 8.18. The van der Waals surface area contributed by atoms with Gasteiger partial charge in [-0.15, -0.1) is 0 Å². The number of carboxylic acids is 1. The maximum atomic E-state index is 11.5. The molecule has 1 aliphatic heterocycles. The van der Waals surface area contributed by atoms with Crippen LogP contribution in [0.15, 0.2) is 39.7 Å². The summed E-state index contributed by atoms with van der Waals surface area (Å²) in [7, 11) is 0. The van der Waals surface area contributed by atoms with Crippen molar-refractivity contribution in [3.05, 3.63) is 52.1 Å². The highest BCUT2D eigenvalue weighted by Crippen LogP contribution is 2.30. The molecule has 0 radical (unpaired) electrons. The maximum Gasteiger partial charge on any atom is 0.335 e. The van der Waals surface area contributed by atoms with Crippen molar-refractivity contribution in [1.82, 2.24) is 5.32 Å². The normalized spacial score (nSPS) is 16.0. The van der Waals surface area contributed by atoms with Crippen molar-refractivity contribution >= 4 is 35.0 Å². The first-order valence-corrected chi connectivity index (χ1v) is 7.45. The SMILES string of the molecule is Cc1ccc(C(=O)O)cc1-c1ccc(/C=C2\SC(=O)NC2=O)o1. The summed E-state index contributed by atoms with van der Waals surface area (Å²) < 4.78 is 5.66. The predicted octanol–water partition coefficient (Wildman–Crippen LogP) is 3.28. The van der Waals surface area contributed by atoms with E-state index in [0.717, 1.165) is 17.3 Å². The number of aromatic carboxylic acids is 1. The standard InChI is InChI=1S/C16H11NO5S/c1-8-2-3-9(15(19)20)6-11(8)12-5-4-10(22-12)7-13-14(18)17-16(21)23-13/h2-7H,1H3,(H,19,20)(H,17,18,21)/b13-7-. The molecule has 6 nitrogen and oxygen atoms in total. The quantitative estimate of drug-likeness (QED) is 0.839. The van der Waals surface area contributed by atoms with Crippen LogP contribution < -0.4 is 5.32 Å². The topological polar surface area (TPSA) is 96.6 Å². The molecule has 0 unspecified atom stereocenters. The van der Waals surface area contributed by atoms with Crippen LogP contribution in [0.25, 0.3) is 17.4 Å². The molecule has 0 bridgehead atoms. The smallest absolute Gasteiger partial charge is 0.335 e. The highest BCUT2D eigenvalue weighted by Gasteiger charge is 2.25. The molecule has 0 aliphatic carbocycles. The molecule has 1 aromatic carbocycles. The lowest BCUT2D eigenvalue weighted by Gasteiger charge is -2.04. The summed E-state index contributed by atoms with van der Waals surface area (Å²) in [6, 6.07) is 8.12. The van der Waals surface area contributed by atoms with Crippen LogP contribution in [-0.4, -0.2) is 22.2 Å². The van der Waals surface area contributed by atoms with Crippen molar-refractivity contribution in [2.75, 3.05) is 0 Å². The number of nitrogens with one attached hydrogen (secondary N) is 1. The molecule has 1 aliphatic rings. The van der Waals surface area contributed by atoms with E-state index in [1.165, 1.54) is 18.2 Å². The second kappa shape index (κ2) is 5.77. The van der Waals surface area contributed by atoms with Crippen molar-refractivity contribution in [1.29, 1.82) is 0 Å². The van der Waals surface area contributed by atoms with E-state index in [-0.39, 0.29) is 10.5 Å². The van der Waals surface area contributed by atoms with Gasteiger partial charge in [-0.25, -0.2) is 4.79 Å². The van der Waals surface area contributed by atoms with Crippen LogP contribution >= 0.6 is 11.8 Å². The Morgan fingerprint density at radius 1 is 1.26 bits per heavy atom. The van der Waals surface area contributed by atoms with E-state index in [9.17, 15) is 14.4 Å². The predicted molar refractivity (Wildman–Crippen MR) is 84.9 cm³/mol. The number of imide groups is 1. The largest absolute Gasteiger partial charge is 0.478 e. The Hall–Kier alpha value is -2.80. The van der Waals surface area contributed by atoms with Crippen molar-refractivity contribution < 1.29 is 23.9 Å². The van der Waals surface area contributed by atoms with Crippen LogP contribution in [0, 0.1) is 6.92 Å². The number of carboxylic acid groups (broad SMARTS) is 1. The van der Waals surface area contributed by atoms with Crippen molar-refractivity contribution in [2.45, 2.75) is 6.92 Å². The lowest BCUT2D eigenvalue weighted by atomic mass is 10.0. The van der Waals surface area contributed by atoms with E-state index >= 15 is 0 Å². The minimum Gasteiger partial charge on any atom is -0.478 e. The second-order valence-corrected chi connectivity index (χ2v) is 5.90. The molecule has 2 heterocycles. The van der Waals surface area contributed by atoms with Gasteiger partial charge in [-0.05, 0) is 48.5 Å². The number of rotatable bonds is 3. The Balaban J connectivity index is 1.95. The van der Waals surface area contributed by atoms with Gasteiger partial charge in [0.05, 0.1) is 10.5 Å². The number of amides is 2. The molecule has 0 atom stereocenters. The number of aryl methyl sites for hydroxylation is 1. The van der Waals surface area contributed by atoms with Crippen LogP contribution in [0.1, 0.15) is 21.7 Å². The number of benzene rings is 1. The van der Waals surface area contributed by atoms with Crippen LogP contribution in [-0.2, 0) is 4.79 Å². The minimum atomic E-state index is -1.02. The zero-order chi connectivity index (χ0) is 16.6. The third kappa shape index (κ3) is 3.04. The molecule has 3 rings (SSSR count). The van der Waals surface area contributed by atoms with Gasteiger partial charge in [-0.1, -0.05) is 6.07 Å².